The maximum Gasteiger partial charge on any atom is 0.332 e. The largest absolute Gasteiger partial charge is 0.347 e. The topological polar surface area (TPSA) is 98.8 Å². The van der Waals surface area contributed by atoms with Gasteiger partial charge in [-0.1, -0.05) is 6.07 Å². The third-order valence-corrected chi connectivity index (χ3v) is 8.76. The fourth-order valence-corrected chi connectivity index (χ4v) is 6.76. The van der Waals surface area contributed by atoms with Crippen molar-refractivity contribution >= 4 is 79.0 Å². The second-order valence-electron chi connectivity index (χ2n) is 9.73. The van der Waals surface area contributed by atoms with E-state index in [0.717, 1.165) is 55.3 Å². The van der Waals surface area contributed by atoms with Gasteiger partial charge in [0.05, 0.1) is 11.3 Å². The number of benzene rings is 1. The number of nitrogens with zero attached hydrogens (tertiary/aromatic N) is 2. The quantitative estimate of drug-likeness (QED) is 0.598. The molecular weight excluding hydrogens is 467 g/mol. The van der Waals surface area contributed by atoms with E-state index < -0.39 is 27.3 Å². The van der Waals surface area contributed by atoms with Crippen LogP contribution in [0.2, 0.25) is 0 Å². The Labute approximate surface area is 239 Å². The van der Waals surface area contributed by atoms with Crippen LogP contribution >= 0.6 is 0 Å². The number of fused-ring (bicyclic) bond motifs is 2. The fourth-order valence-electron chi connectivity index (χ4n) is 5.48. The molecule has 10 heteroatoms. The molecule has 4 rings (SSSR count). The number of carbonyl (C=O) groups excluding carboxylic acids is 2. The molecule has 2 atom stereocenters. The van der Waals surface area contributed by atoms with Crippen LogP contribution in [0.5, 0.6) is 0 Å². The van der Waals surface area contributed by atoms with Gasteiger partial charge in [0.2, 0.25) is 15.9 Å². The number of hydrogen-bond acceptors (Lipinski definition) is 5. The molecule has 1 aliphatic heterocycles. The van der Waals surface area contributed by atoms with Crippen molar-refractivity contribution in [1.82, 2.24) is 14.5 Å². The summed E-state index contributed by atoms with van der Waals surface area (Å²) in [4.78, 5) is 28.8. The molecule has 0 aromatic heterocycles. The van der Waals surface area contributed by atoms with Crippen molar-refractivity contribution in [2.75, 3.05) is 26.0 Å². The summed E-state index contributed by atoms with van der Waals surface area (Å²) in [5.41, 5.74) is 5.67. The van der Waals surface area contributed by atoms with E-state index in [0.29, 0.717) is 0 Å². The van der Waals surface area contributed by atoms with Crippen molar-refractivity contribution in [3.05, 3.63) is 28.3 Å². The van der Waals surface area contributed by atoms with Crippen LogP contribution in [0.3, 0.4) is 0 Å². The van der Waals surface area contributed by atoms with E-state index in [1.807, 2.05) is 18.7 Å². The van der Waals surface area contributed by atoms with Crippen LogP contribution in [0.4, 0.5) is 10.5 Å². The third-order valence-electron chi connectivity index (χ3n) is 7.08. The predicted molar refractivity (Wildman–Crippen MR) is 130 cm³/mol. The van der Waals surface area contributed by atoms with Crippen LogP contribution in [-0.2, 0) is 40.5 Å². The molecule has 2 unspecified atom stereocenters. The molecule has 0 saturated carbocycles. The number of rotatable bonds is 5. The number of likely N-dealkylation sites (tertiary alicyclic amines) is 1. The molecule has 1 heterocycles. The van der Waals surface area contributed by atoms with Crippen LogP contribution < -0.4 is 10.0 Å². The van der Waals surface area contributed by atoms with Crippen molar-refractivity contribution in [2.24, 2.45) is 0 Å². The molecule has 1 aromatic rings. The maximum absolute atomic E-state index is 13.1. The normalized spacial score (nSPS) is 22.0. The smallest absolute Gasteiger partial charge is 0.332 e. The molecular formula is C23H34KN4O4S. The van der Waals surface area contributed by atoms with E-state index in [-0.39, 0.29) is 76.3 Å². The third kappa shape index (κ3) is 5.52. The summed E-state index contributed by atoms with van der Waals surface area (Å²) in [5, 5.41) is 2.07. The van der Waals surface area contributed by atoms with Gasteiger partial charge >= 0.3 is 6.03 Å². The molecule has 0 spiro atoms. The van der Waals surface area contributed by atoms with Crippen molar-refractivity contribution < 1.29 is 18.0 Å². The minimum atomic E-state index is -3.94. The van der Waals surface area contributed by atoms with Crippen LogP contribution in [0, 0.1) is 0 Å². The van der Waals surface area contributed by atoms with Gasteiger partial charge in [-0.25, -0.2) is 17.9 Å². The number of carbonyl (C=O) groups is 2. The van der Waals surface area contributed by atoms with E-state index in [1.165, 1.54) is 16.0 Å². The van der Waals surface area contributed by atoms with Crippen LogP contribution in [-0.4, -0.2) is 120 Å². The number of likely N-dealkylation sites (N-methyl/N-ethyl adjacent to an activating group) is 1. The van der Waals surface area contributed by atoms with Gasteiger partial charge in [0.15, 0.2) is 0 Å². The van der Waals surface area contributed by atoms with Gasteiger partial charge < -0.3 is 10.2 Å². The molecule has 1 fully saturated rings. The molecule has 33 heavy (non-hydrogen) atoms. The summed E-state index contributed by atoms with van der Waals surface area (Å²) < 4.78 is 28.4. The van der Waals surface area contributed by atoms with Crippen molar-refractivity contribution in [2.45, 2.75) is 76.1 Å². The van der Waals surface area contributed by atoms with Crippen LogP contribution in [0.1, 0.15) is 55.4 Å². The average Bonchev–Trinajstić information content (AvgIpc) is 3.45. The van der Waals surface area contributed by atoms with Gasteiger partial charge in [-0.3, -0.25) is 9.69 Å². The first-order valence-corrected chi connectivity index (χ1v) is 13.1. The standard InChI is InChI=1S/C23H34N4O4S.K/c1-14(2)27-13-17(12-20(27)22(28)26(3)4)32(30,31)25-23(29)24-21-18-9-5-7-15(18)11-16-8-6-10-19(16)21;/h11,14,17,20H,5-10,12-13H2,1-4H3,(H2,24,25,29);. The Kier molecular flexibility index (Phi) is 8.73. The van der Waals surface area contributed by atoms with Gasteiger partial charge in [-0.05, 0) is 81.0 Å². The Morgan fingerprint density at radius 2 is 1.64 bits per heavy atom. The van der Waals surface area contributed by atoms with E-state index in [1.54, 1.807) is 14.1 Å². The van der Waals surface area contributed by atoms with Gasteiger partial charge in [-0.2, -0.15) is 0 Å². The molecule has 2 N–H and O–H groups in total. The van der Waals surface area contributed by atoms with Gasteiger partial charge in [0, 0.05) is 83.8 Å². The minimum absolute atomic E-state index is 0. The van der Waals surface area contributed by atoms with Crippen molar-refractivity contribution in [3.8, 4) is 0 Å². The Morgan fingerprint density at radius 1 is 1.06 bits per heavy atom. The summed E-state index contributed by atoms with van der Waals surface area (Å²) in [5.74, 6) is -0.115. The zero-order chi connectivity index (χ0) is 23.2. The van der Waals surface area contributed by atoms with E-state index in [4.69, 9.17) is 0 Å². The number of anilines is 1. The molecule has 2 aliphatic carbocycles. The van der Waals surface area contributed by atoms with Crippen molar-refractivity contribution in [3.63, 3.8) is 0 Å². The first-order valence-electron chi connectivity index (χ1n) is 11.5. The number of nitrogens with one attached hydrogen (secondary N) is 2. The molecule has 0 bridgehead atoms. The number of amides is 3. The Morgan fingerprint density at radius 3 is 2.15 bits per heavy atom. The Balaban J connectivity index is 0.00000306. The van der Waals surface area contributed by atoms with E-state index in [9.17, 15) is 18.0 Å². The fraction of sp³-hybridized carbons (Fsp3) is 0.652. The second kappa shape index (κ2) is 10.6. The first kappa shape index (κ1) is 27.1. The van der Waals surface area contributed by atoms with Gasteiger partial charge in [0.25, 0.3) is 0 Å². The van der Waals surface area contributed by atoms with E-state index in [2.05, 4.69) is 16.1 Å². The summed E-state index contributed by atoms with van der Waals surface area (Å²) in [6.45, 7) is 4.11. The second-order valence-corrected chi connectivity index (χ2v) is 11.7. The van der Waals surface area contributed by atoms with Crippen molar-refractivity contribution in [1.29, 1.82) is 0 Å². The van der Waals surface area contributed by atoms with Crippen LogP contribution in [0.25, 0.3) is 0 Å². The summed E-state index contributed by atoms with van der Waals surface area (Å²) in [6, 6.07) is 1.08. The SMILES string of the molecule is CC(C)N1CC(S(=O)(=O)NC(=O)Nc2c3c(cc4c2CCC4)CCC3)CC1C(=O)N(C)C.[K]. The first-order chi connectivity index (χ1) is 15.1. The van der Waals surface area contributed by atoms with Crippen LogP contribution in [0.15, 0.2) is 6.07 Å². The molecule has 8 nitrogen and oxygen atoms in total. The van der Waals surface area contributed by atoms with Gasteiger partial charge in [-0.15, -0.1) is 0 Å². The minimum Gasteiger partial charge on any atom is -0.347 e. The molecule has 1 saturated heterocycles. The summed E-state index contributed by atoms with van der Waals surface area (Å²) in [6.07, 6.45) is 6.12. The molecule has 1 radical (unpaired) electrons. The zero-order valence-corrected chi connectivity index (χ0v) is 24.3. The number of aryl methyl sites for hydroxylation is 2. The summed E-state index contributed by atoms with van der Waals surface area (Å²) >= 11 is 0. The van der Waals surface area contributed by atoms with E-state index >= 15 is 0 Å². The monoisotopic (exact) mass is 501 g/mol. The number of hydrogen-bond donors (Lipinski definition) is 2. The Bertz CT molecular complexity index is 1010. The maximum atomic E-state index is 13.1. The zero-order valence-electron chi connectivity index (χ0n) is 20.4. The average molecular weight is 502 g/mol. The molecule has 3 amide bonds. The number of sulfonamides is 1. The number of urea groups is 1. The Hall–Kier alpha value is -0.494. The molecule has 3 aliphatic rings. The predicted octanol–water partition coefficient (Wildman–Crippen LogP) is 1.67. The van der Waals surface area contributed by atoms with Gasteiger partial charge in [0.1, 0.15) is 0 Å². The summed E-state index contributed by atoms with van der Waals surface area (Å²) in [7, 11) is -0.597. The molecule has 177 valence electrons. The molecule has 1 aromatic carbocycles.